The predicted molar refractivity (Wildman–Crippen MR) is 124 cm³/mol. The second-order valence-corrected chi connectivity index (χ2v) is 8.33. The summed E-state index contributed by atoms with van der Waals surface area (Å²) in [6, 6.07) is 8.84. The third-order valence-corrected chi connectivity index (χ3v) is 5.27. The maximum absolute atomic E-state index is 13.9. The summed E-state index contributed by atoms with van der Waals surface area (Å²) in [5.41, 5.74) is 2.95. The van der Waals surface area contributed by atoms with Crippen molar-refractivity contribution in [2.24, 2.45) is 0 Å². The molecule has 1 unspecified atom stereocenters. The highest BCUT2D eigenvalue weighted by Crippen LogP contribution is 2.33. The molecule has 1 aliphatic rings. The number of anilines is 3. The molecule has 1 saturated heterocycles. The number of pyridine rings is 2. The number of carbonyl (C=O) groups excluding carboxylic acids is 1. The van der Waals surface area contributed by atoms with E-state index in [0.29, 0.717) is 35.1 Å². The number of halogens is 2. The number of nitrogens with zero attached hydrogens (tertiary/aromatic N) is 4. The molecule has 1 fully saturated rings. The van der Waals surface area contributed by atoms with Crippen LogP contribution in [0.25, 0.3) is 11.3 Å². The lowest BCUT2D eigenvalue weighted by Crippen LogP contribution is -2.15. The molecule has 178 valence electrons. The third-order valence-electron chi connectivity index (χ3n) is 5.27. The lowest BCUT2D eigenvalue weighted by atomic mass is 10.0. The molecule has 0 spiro atoms. The highest BCUT2D eigenvalue weighted by molar-refractivity contribution is 5.89. The summed E-state index contributed by atoms with van der Waals surface area (Å²) >= 11 is 0. The van der Waals surface area contributed by atoms with E-state index in [4.69, 9.17) is 9.72 Å². The van der Waals surface area contributed by atoms with Gasteiger partial charge in [-0.25, -0.2) is 19.9 Å². The number of alkyl halides is 2. The maximum atomic E-state index is 13.9. The topological polar surface area (TPSA) is 102 Å². The first-order valence-corrected chi connectivity index (χ1v) is 11.1. The van der Waals surface area contributed by atoms with E-state index >= 15 is 0 Å². The molecular formula is C24H26F2N6O2. The van der Waals surface area contributed by atoms with Crippen molar-refractivity contribution in [1.29, 1.82) is 0 Å². The average Bonchev–Trinajstić information content (AvgIpc) is 2.79. The van der Waals surface area contributed by atoms with Crippen molar-refractivity contribution in [3.63, 3.8) is 0 Å². The SMILES string of the molecule is CC(=O)Nc1cc(Nc2cc(C)nc(C(C)(F)F)n2)c(-c2cccc(C3CCCCO3)n2)cn1. The molecule has 10 heteroatoms. The van der Waals surface area contributed by atoms with Crippen molar-refractivity contribution in [3.05, 3.63) is 53.7 Å². The number of aromatic nitrogens is 4. The fourth-order valence-corrected chi connectivity index (χ4v) is 3.73. The molecule has 0 aliphatic carbocycles. The van der Waals surface area contributed by atoms with E-state index in [1.54, 1.807) is 25.3 Å². The Labute approximate surface area is 196 Å². The van der Waals surface area contributed by atoms with Gasteiger partial charge in [-0.15, -0.1) is 0 Å². The van der Waals surface area contributed by atoms with Gasteiger partial charge in [0.05, 0.1) is 23.2 Å². The smallest absolute Gasteiger partial charge is 0.303 e. The van der Waals surface area contributed by atoms with Crippen molar-refractivity contribution >= 4 is 23.2 Å². The zero-order valence-electron chi connectivity index (χ0n) is 19.2. The monoisotopic (exact) mass is 468 g/mol. The van der Waals surface area contributed by atoms with Gasteiger partial charge >= 0.3 is 5.92 Å². The normalized spacial score (nSPS) is 16.2. The minimum Gasteiger partial charge on any atom is -0.372 e. The Balaban J connectivity index is 1.75. The van der Waals surface area contributed by atoms with Gasteiger partial charge in [0.25, 0.3) is 0 Å². The van der Waals surface area contributed by atoms with Crippen LogP contribution in [0.15, 0.2) is 36.5 Å². The largest absolute Gasteiger partial charge is 0.372 e. The van der Waals surface area contributed by atoms with Crippen LogP contribution in [-0.4, -0.2) is 32.4 Å². The second-order valence-electron chi connectivity index (χ2n) is 8.33. The van der Waals surface area contributed by atoms with Gasteiger partial charge in [0, 0.05) is 50.0 Å². The molecule has 0 bridgehead atoms. The first kappa shape index (κ1) is 23.6. The molecule has 0 radical (unpaired) electrons. The summed E-state index contributed by atoms with van der Waals surface area (Å²) in [5, 5.41) is 5.73. The number of nitrogens with one attached hydrogen (secondary N) is 2. The molecule has 3 aromatic rings. The first-order chi connectivity index (χ1) is 16.2. The molecule has 4 heterocycles. The molecule has 2 N–H and O–H groups in total. The van der Waals surface area contributed by atoms with Crippen LogP contribution in [0.1, 0.15) is 56.4 Å². The van der Waals surface area contributed by atoms with E-state index in [1.165, 1.54) is 6.92 Å². The van der Waals surface area contributed by atoms with E-state index in [-0.39, 0.29) is 17.8 Å². The number of hydrogen-bond donors (Lipinski definition) is 2. The van der Waals surface area contributed by atoms with E-state index in [2.05, 4.69) is 25.6 Å². The summed E-state index contributed by atoms with van der Waals surface area (Å²) in [6.07, 6.45) is 4.51. The first-order valence-electron chi connectivity index (χ1n) is 11.1. The van der Waals surface area contributed by atoms with Crippen molar-refractivity contribution in [2.75, 3.05) is 17.2 Å². The number of hydrogen-bond acceptors (Lipinski definition) is 7. The van der Waals surface area contributed by atoms with E-state index < -0.39 is 11.7 Å². The van der Waals surface area contributed by atoms with Gasteiger partial charge in [0.1, 0.15) is 11.6 Å². The van der Waals surface area contributed by atoms with Crippen LogP contribution in [0.3, 0.4) is 0 Å². The number of ether oxygens (including phenoxy) is 1. The molecule has 3 aromatic heterocycles. The molecule has 0 aromatic carbocycles. The Hall–Kier alpha value is -3.53. The van der Waals surface area contributed by atoms with Gasteiger partial charge in [-0.05, 0) is 38.3 Å². The molecule has 0 saturated carbocycles. The quantitative estimate of drug-likeness (QED) is 0.506. The Morgan fingerprint density at radius 1 is 1.15 bits per heavy atom. The molecule has 1 aliphatic heterocycles. The third kappa shape index (κ3) is 5.69. The highest BCUT2D eigenvalue weighted by atomic mass is 19.3. The standard InChI is InChI=1S/C24H26F2N6O2/c1-14-11-22(32-23(28-14)24(3,25)26)31-19-12-21(29-15(2)33)27-13-16(19)17-7-6-8-18(30-17)20-9-4-5-10-34-20/h6-8,11-13,20H,4-5,9-10H2,1-3H3,(H2,27,28,29,31,32,33). The van der Waals surface area contributed by atoms with Crippen LogP contribution in [0.4, 0.5) is 26.1 Å². The molecule has 8 nitrogen and oxygen atoms in total. The van der Waals surface area contributed by atoms with Crippen LogP contribution >= 0.6 is 0 Å². The lowest BCUT2D eigenvalue weighted by Gasteiger charge is -2.22. The average molecular weight is 469 g/mol. The minimum atomic E-state index is -3.19. The van der Waals surface area contributed by atoms with Crippen molar-refractivity contribution in [1.82, 2.24) is 19.9 Å². The Kier molecular flexibility index (Phi) is 6.78. The Morgan fingerprint density at radius 2 is 1.97 bits per heavy atom. The van der Waals surface area contributed by atoms with Gasteiger partial charge in [0.15, 0.2) is 0 Å². The minimum absolute atomic E-state index is 0.0735. The van der Waals surface area contributed by atoms with Crippen LogP contribution in [0.5, 0.6) is 0 Å². The molecule has 4 rings (SSSR count). The zero-order valence-corrected chi connectivity index (χ0v) is 19.2. The van der Waals surface area contributed by atoms with Gasteiger partial charge < -0.3 is 15.4 Å². The predicted octanol–water partition coefficient (Wildman–Crippen LogP) is 5.30. The fraction of sp³-hybridized carbons (Fsp3) is 0.375. The molecule has 1 amide bonds. The zero-order chi connectivity index (χ0) is 24.3. The number of rotatable bonds is 6. The van der Waals surface area contributed by atoms with Crippen molar-refractivity contribution < 1.29 is 18.3 Å². The summed E-state index contributed by atoms with van der Waals surface area (Å²) in [7, 11) is 0. The number of carbonyl (C=O) groups is 1. The van der Waals surface area contributed by atoms with E-state index in [0.717, 1.165) is 31.9 Å². The lowest BCUT2D eigenvalue weighted by molar-refractivity contribution is -0.114. The van der Waals surface area contributed by atoms with Crippen LogP contribution in [-0.2, 0) is 15.5 Å². The number of amides is 1. The van der Waals surface area contributed by atoms with Crippen molar-refractivity contribution in [2.45, 2.75) is 52.1 Å². The van der Waals surface area contributed by atoms with Crippen molar-refractivity contribution in [3.8, 4) is 11.3 Å². The molecular weight excluding hydrogens is 442 g/mol. The van der Waals surface area contributed by atoms with E-state index in [1.807, 2.05) is 18.2 Å². The summed E-state index contributed by atoms with van der Waals surface area (Å²) in [5.74, 6) is -3.57. The maximum Gasteiger partial charge on any atom is 0.303 e. The summed E-state index contributed by atoms with van der Waals surface area (Å²) in [6.45, 7) is 4.45. The highest BCUT2D eigenvalue weighted by Gasteiger charge is 2.29. The molecule has 34 heavy (non-hydrogen) atoms. The second kappa shape index (κ2) is 9.76. The fourth-order valence-electron chi connectivity index (χ4n) is 3.73. The van der Waals surface area contributed by atoms with E-state index in [9.17, 15) is 13.6 Å². The summed E-state index contributed by atoms with van der Waals surface area (Å²) in [4.78, 5) is 28.5. The summed E-state index contributed by atoms with van der Waals surface area (Å²) < 4.78 is 33.7. The van der Waals surface area contributed by atoms with Gasteiger partial charge in [-0.3, -0.25) is 4.79 Å². The number of aryl methyl sites for hydroxylation is 1. The Morgan fingerprint density at radius 3 is 2.68 bits per heavy atom. The van der Waals surface area contributed by atoms with Crippen LogP contribution in [0.2, 0.25) is 0 Å². The molecule has 1 atom stereocenters. The van der Waals surface area contributed by atoms with Crippen LogP contribution in [0, 0.1) is 6.92 Å². The van der Waals surface area contributed by atoms with Gasteiger partial charge in [-0.1, -0.05) is 6.07 Å². The Bertz CT molecular complexity index is 1190. The van der Waals surface area contributed by atoms with Gasteiger partial charge in [0.2, 0.25) is 11.7 Å². The van der Waals surface area contributed by atoms with Crippen LogP contribution < -0.4 is 10.6 Å². The van der Waals surface area contributed by atoms with Gasteiger partial charge in [-0.2, -0.15) is 8.78 Å².